The summed E-state index contributed by atoms with van der Waals surface area (Å²) in [6, 6.07) is 6.00. The van der Waals surface area contributed by atoms with E-state index >= 15 is 0 Å². The molecule has 1 N–H and O–H groups in total. The first kappa shape index (κ1) is 16.4. The van der Waals surface area contributed by atoms with Crippen molar-refractivity contribution in [3.05, 3.63) is 58.1 Å². The first-order valence-electron chi connectivity index (χ1n) is 7.05. The van der Waals surface area contributed by atoms with Crippen molar-refractivity contribution in [1.82, 2.24) is 4.98 Å². The van der Waals surface area contributed by atoms with Crippen molar-refractivity contribution in [1.29, 1.82) is 0 Å². The summed E-state index contributed by atoms with van der Waals surface area (Å²) in [5, 5.41) is 10.4. The van der Waals surface area contributed by atoms with Crippen LogP contribution in [0, 0.1) is 13.8 Å². The number of nitrogens with zero attached hydrogens (tertiary/aromatic N) is 2. The smallest absolute Gasteiger partial charge is 0.250 e. The Morgan fingerprint density at radius 1 is 1.41 bits per heavy atom. The number of carbonyl (C=O) groups is 1. The van der Waals surface area contributed by atoms with Crippen LogP contribution in [0.3, 0.4) is 0 Å². The molecule has 116 valence electrons. The molecule has 1 aromatic heterocycles. The van der Waals surface area contributed by atoms with E-state index in [1.54, 1.807) is 18.0 Å². The van der Waals surface area contributed by atoms with Gasteiger partial charge in [0.15, 0.2) is 0 Å². The SMILES string of the molecule is C=CC(=O)N(Cc1ncc(C(C)O)s1)c1cc(C)cc(C)c1. The lowest BCUT2D eigenvalue weighted by Gasteiger charge is -2.21. The van der Waals surface area contributed by atoms with Gasteiger partial charge in [-0.15, -0.1) is 11.3 Å². The molecule has 22 heavy (non-hydrogen) atoms. The summed E-state index contributed by atoms with van der Waals surface area (Å²) in [4.78, 5) is 19.0. The summed E-state index contributed by atoms with van der Waals surface area (Å²) < 4.78 is 0. The van der Waals surface area contributed by atoms with Crippen molar-refractivity contribution >= 4 is 22.9 Å². The molecule has 0 fully saturated rings. The number of anilines is 1. The number of hydrogen-bond acceptors (Lipinski definition) is 4. The number of rotatable bonds is 5. The van der Waals surface area contributed by atoms with Gasteiger partial charge in [-0.25, -0.2) is 4.98 Å². The van der Waals surface area contributed by atoms with Gasteiger partial charge in [0.05, 0.1) is 17.5 Å². The third kappa shape index (κ3) is 3.81. The van der Waals surface area contributed by atoms with Crippen molar-refractivity contribution in [2.45, 2.75) is 33.4 Å². The highest BCUT2D eigenvalue weighted by atomic mass is 32.1. The van der Waals surface area contributed by atoms with Gasteiger partial charge in [0.25, 0.3) is 5.91 Å². The third-order valence-corrected chi connectivity index (χ3v) is 4.39. The van der Waals surface area contributed by atoms with E-state index in [4.69, 9.17) is 0 Å². The molecule has 0 radical (unpaired) electrons. The standard InChI is InChI=1S/C17H20N2O2S/c1-5-17(21)19(14-7-11(2)6-12(3)8-14)10-16-18-9-15(22-16)13(4)20/h5-9,13,20H,1,10H2,2-4H3. The van der Waals surface area contributed by atoms with Crippen LogP contribution in [0.25, 0.3) is 0 Å². The molecule has 0 bridgehead atoms. The largest absolute Gasteiger partial charge is 0.388 e. The van der Waals surface area contributed by atoms with E-state index in [1.165, 1.54) is 17.4 Å². The lowest BCUT2D eigenvalue weighted by molar-refractivity contribution is -0.114. The maximum absolute atomic E-state index is 12.2. The summed E-state index contributed by atoms with van der Waals surface area (Å²) in [5.74, 6) is -0.168. The Morgan fingerprint density at radius 3 is 2.55 bits per heavy atom. The Labute approximate surface area is 134 Å². The van der Waals surface area contributed by atoms with Crippen LogP contribution in [-0.2, 0) is 11.3 Å². The fraction of sp³-hybridized carbons (Fsp3) is 0.294. The normalized spacial score (nSPS) is 12.0. The number of amides is 1. The third-order valence-electron chi connectivity index (χ3n) is 3.24. The molecular weight excluding hydrogens is 296 g/mol. The monoisotopic (exact) mass is 316 g/mol. The first-order chi connectivity index (χ1) is 10.4. The topological polar surface area (TPSA) is 53.4 Å². The highest BCUT2D eigenvalue weighted by Gasteiger charge is 2.17. The van der Waals surface area contributed by atoms with E-state index in [0.717, 1.165) is 26.7 Å². The number of thiazole rings is 1. The summed E-state index contributed by atoms with van der Waals surface area (Å²) >= 11 is 1.41. The van der Waals surface area contributed by atoms with Crippen LogP contribution in [0.15, 0.2) is 37.1 Å². The molecule has 1 aromatic carbocycles. The second kappa shape index (κ2) is 6.85. The maximum Gasteiger partial charge on any atom is 0.250 e. The van der Waals surface area contributed by atoms with Crippen LogP contribution in [0.1, 0.15) is 34.0 Å². The summed E-state index contributed by atoms with van der Waals surface area (Å²) in [5.41, 5.74) is 3.03. The Balaban J connectivity index is 2.33. The number of hydrogen-bond donors (Lipinski definition) is 1. The number of aryl methyl sites for hydroxylation is 2. The van der Waals surface area contributed by atoms with Gasteiger partial charge < -0.3 is 10.0 Å². The van der Waals surface area contributed by atoms with E-state index < -0.39 is 6.10 Å². The summed E-state index contributed by atoms with van der Waals surface area (Å²) in [6.45, 7) is 9.65. The van der Waals surface area contributed by atoms with Gasteiger partial charge in [-0.2, -0.15) is 0 Å². The summed E-state index contributed by atoms with van der Waals surface area (Å²) in [7, 11) is 0. The molecule has 0 aliphatic heterocycles. The van der Waals surface area contributed by atoms with E-state index in [1.807, 2.05) is 26.0 Å². The van der Waals surface area contributed by atoms with Crippen molar-refractivity contribution in [2.24, 2.45) is 0 Å². The van der Waals surface area contributed by atoms with Crippen LogP contribution in [0.4, 0.5) is 5.69 Å². The number of aromatic nitrogens is 1. The number of aliphatic hydroxyl groups is 1. The zero-order valence-corrected chi connectivity index (χ0v) is 13.9. The minimum atomic E-state index is -0.545. The average molecular weight is 316 g/mol. The zero-order chi connectivity index (χ0) is 16.3. The predicted octanol–water partition coefficient (Wildman–Crippen LogP) is 3.53. The number of aliphatic hydroxyl groups excluding tert-OH is 1. The molecule has 0 aliphatic rings. The van der Waals surface area contributed by atoms with Gasteiger partial charge >= 0.3 is 0 Å². The molecule has 4 nitrogen and oxygen atoms in total. The van der Waals surface area contributed by atoms with Crippen molar-refractivity contribution in [3.8, 4) is 0 Å². The fourth-order valence-corrected chi connectivity index (χ4v) is 3.09. The molecule has 1 unspecified atom stereocenters. The minimum Gasteiger partial charge on any atom is -0.388 e. The Kier molecular flexibility index (Phi) is 5.11. The second-order valence-electron chi connectivity index (χ2n) is 5.31. The molecule has 1 atom stereocenters. The minimum absolute atomic E-state index is 0.168. The first-order valence-corrected chi connectivity index (χ1v) is 7.87. The van der Waals surface area contributed by atoms with Crippen LogP contribution >= 0.6 is 11.3 Å². The molecule has 5 heteroatoms. The maximum atomic E-state index is 12.2. The van der Waals surface area contributed by atoms with Gasteiger partial charge in [-0.3, -0.25) is 4.79 Å². The Bertz CT molecular complexity index is 671. The molecule has 0 saturated carbocycles. The number of carbonyl (C=O) groups excluding carboxylic acids is 1. The van der Waals surface area contributed by atoms with Crippen molar-refractivity contribution in [3.63, 3.8) is 0 Å². The molecule has 2 aromatic rings. The van der Waals surface area contributed by atoms with Gasteiger partial charge in [-0.05, 0) is 50.1 Å². The van der Waals surface area contributed by atoms with Gasteiger partial charge in [0.2, 0.25) is 0 Å². The Morgan fingerprint density at radius 2 is 2.05 bits per heavy atom. The number of benzene rings is 1. The van der Waals surface area contributed by atoms with Gasteiger partial charge in [0, 0.05) is 11.9 Å². The fourth-order valence-electron chi connectivity index (χ4n) is 2.24. The lowest BCUT2D eigenvalue weighted by atomic mass is 10.1. The predicted molar refractivity (Wildman–Crippen MR) is 90.1 cm³/mol. The molecule has 1 amide bonds. The van der Waals surface area contributed by atoms with E-state index in [-0.39, 0.29) is 5.91 Å². The molecule has 0 aliphatic carbocycles. The van der Waals surface area contributed by atoms with E-state index in [0.29, 0.717) is 6.54 Å². The van der Waals surface area contributed by atoms with E-state index in [9.17, 15) is 9.90 Å². The lowest BCUT2D eigenvalue weighted by Crippen LogP contribution is -2.28. The molecule has 0 spiro atoms. The van der Waals surface area contributed by atoms with Gasteiger partial charge in [-0.1, -0.05) is 12.6 Å². The second-order valence-corrected chi connectivity index (χ2v) is 6.45. The Hall–Kier alpha value is -1.98. The molecule has 1 heterocycles. The molecule has 2 rings (SSSR count). The van der Waals surface area contributed by atoms with Crippen LogP contribution < -0.4 is 4.90 Å². The highest BCUT2D eigenvalue weighted by molar-refractivity contribution is 7.11. The van der Waals surface area contributed by atoms with Crippen molar-refractivity contribution < 1.29 is 9.90 Å². The average Bonchev–Trinajstić information content (AvgIpc) is 2.91. The molecular formula is C17H20N2O2S. The van der Waals surface area contributed by atoms with Crippen LogP contribution in [-0.4, -0.2) is 16.0 Å². The van der Waals surface area contributed by atoms with E-state index in [2.05, 4.69) is 17.6 Å². The molecule has 0 saturated heterocycles. The van der Waals surface area contributed by atoms with Crippen LogP contribution in [0.2, 0.25) is 0 Å². The summed E-state index contributed by atoms with van der Waals surface area (Å²) in [6.07, 6.45) is 2.42. The van der Waals surface area contributed by atoms with Gasteiger partial charge in [0.1, 0.15) is 5.01 Å². The zero-order valence-electron chi connectivity index (χ0n) is 13.0. The van der Waals surface area contributed by atoms with Crippen LogP contribution in [0.5, 0.6) is 0 Å². The highest BCUT2D eigenvalue weighted by Crippen LogP contribution is 2.25. The van der Waals surface area contributed by atoms with Crippen molar-refractivity contribution in [2.75, 3.05) is 4.90 Å². The quantitative estimate of drug-likeness (QED) is 0.859.